The molecule has 1 fully saturated rings. The Labute approximate surface area is 166 Å². The molecule has 7 heteroatoms. The molecule has 0 saturated carbocycles. The summed E-state index contributed by atoms with van der Waals surface area (Å²) in [5.41, 5.74) is 3.03. The molecule has 0 spiro atoms. The summed E-state index contributed by atoms with van der Waals surface area (Å²) in [5, 5.41) is 2.90. The molecule has 2 amide bonds. The van der Waals surface area contributed by atoms with Gasteiger partial charge in [-0.15, -0.1) is 0 Å². The minimum absolute atomic E-state index is 0.0454. The molecule has 2 aromatic rings. The van der Waals surface area contributed by atoms with Crippen LogP contribution in [0.2, 0.25) is 0 Å². The molecule has 7 nitrogen and oxygen atoms in total. The van der Waals surface area contributed by atoms with Crippen LogP contribution >= 0.6 is 0 Å². The zero-order chi connectivity index (χ0) is 20.3. The molecule has 28 heavy (non-hydrogen) atoms. The summed E-state index contributed by atoms with van der Waals surface area (Å²) in [7, 11) is 1.76. The summed E-state index contributed by atoms with van der Waals surface area (Å²) >= 11 is 0. The lowest BCUT2D eigenvalue weighted by Gasteiger charge is -2.35. The van der Waals surface area contributed by atoms with Gasteiger partial charge in [-0.25, -0.2) is 4.98 Å². The molecule has 1 saturated heterocycles. The summed E-state index contributed by atoms with van der Waals surface area (Å²) in [6.07, 6.45) is 1.21. The highest BCUT2D eigenvalue weighted by Gasteiger charge is 2.32. The number of rotatable bonds is 7. The zero-order valence-corrected chi connectivity index (χ0v) is 17.3. The Morgan fingerprint density at radius 1 is 1.39 bits per heavy atom. The first-order valence-electron chi connectivity index (χ1n) is 10.0. The molecule has 2 heterocycles. The molecule has 1 atom stereocenters. The molecule has 0 radical (unpaired) electrons. The van der Waals surface area contributed by atoms with Gasteiger partial charge in [0.1, 0.15) is 5.82 Å². The van der Waals surface area contributed by atoms with E-state index in [1.165, 1.54) is 0 Å². The van der Waals surface area contributed by atoms with Crippen molar-refractivity contribution in [1.82, 2.24) is 25.1 Å². The van der Waals surface area contributed by atoms with E-state index in [4.69, 9.17) is 0 Å². The lowest BCUT2D eigenvalue weighted by molar-refractivity contribution is -0.138. The molecule has 1 aliphatic rings. The molecule has 1 aliphatic heterocycles. The Kier molecular flexibility index (Phi) is 6.34. The maximum Gasteiger partial charge on any atom is 0.237 e. The molecule has 1 unspecified atom stereocenters. The average Bonchev–Trinajstić information content (AvgIpc) is 3.03. The Bertz CT molecular complexity index is 844. The summed E-state index contributed by atoms with van der Waals surface area (Å²) in [6.45, 7) is 9.07. The fourth-order valence-corrected chi connectivity index (χ4v) is 3.56. The van der Waals surface area contributed by atoms with E-state index in [1.807, 2.05) is 25.1 Å². The first-order valence-corrected chi connectivity index (χ1v) is 10.0. The van der Waals surface area contributed by atoms with Crippen molar-refractivity contribution in [2.45, 2.75) is 46.2 Å². The summed E-state index contributed by atoms with van der Waals surface area (Å²) in [6, 6.07) is 5.66. The number of aromatic amines is 1. The zero-order valence-electron chi connectivity index (χ0n) is 17.3. The Morgan fingerprint density at radius 2 is 2.18 bits per heavy atom. The summed E-state index contributed by atoms with van der Waals surface area (Å²) < 4.78 is 0. The van der Waals surface area contributed by atoms with E-state index in [1.54, 1.807) is 11.9 Å². The van der Waals surface area contributed by atoms with Crippen molar-refractivity contribution in [3.63, 3.8) is 0 Å². The van der Waals surface area contributed by atoms with E-state index in [2.05, 4.69) is 34.0 Å². The molecular weight excluding hydrogens is 354 g/mol. The second-order valence-corrected chi connectivity index (χ2v) is 8.18. The van der Waals surface area contributed by atoms with Crippen LogP contribution in [-0.4, -0.2) is 64.3 Å². The van der Waals surface area contributed by atoms with Crippen LogP contribution in [0.4, 0.5) is 0 Å². The number of imidazole rings is 1. The van der Waals surface area contributed by atoms with Gasteiger partial charge in [-0.2, -0.15) is 0 Å². The van der Waals surface area contributed by atoms with E-state index >= 15 is 0 Å². The first-order chi connectivity index (χ1) is 13.3. The van der Waals surface area contributed by atoms with Gasteiger partial charge in [0.2, 0.25) is 11.8 Å². The number of carbonyl (C=O) groups is 2. The number of amides is 2. The Balaban J connectivity index is 1.63. The Hall–Kier alpha value is -2.41. The predicted octanol–water partition coefficient (Wildman–Crippen LogP) is 2.07. The number of hydrogen-bond acceptors (Lipinski definition) is 4. The molecule has 1 aromatic heterocycles. The molecular formula is C21H31N5O2. The van der Waals surface area contributed by atoms with E-state index in [0.717, 1.165) is 41.9 Å². The van der Waals surface area contributed by atoms with Crippen LogP contribution in [-0.2, 0) is 16.1 Å². The van der Waals surface area contributed by atoms with Crippen LogP contribution in [0.15, 0.2) is 18.2 Å². The number of benzene rings is 1. The highest BCUT2D eigenvalue weighted by molar-refractivity contribution is 5.88. The molecule has 3 rings (SSSR count). The van der Waals surface area contributed by atoms with Gasteiger partial charge in [-0.05, 0) is 43.5 Å². The number of nitrogens with one attached hydrogen (secondary N) is 2. The van der Waals surface area contributed by atoms with Crippen molar-refractivity contribution in [3.8, 4) is 0 Å². The van der Waals surface area contributed by atoms with E-state index in [0.29, 0.717) is 19.0 Å². The lowest BCUT2D eigenvalue weighted by Crippen LogP contribution is -2.56. The second-order valence-electron chi connectivity index (χ2n) is 8.18. The monoisotopic (exact) mass is 385 g/mol. The molecule has 152 valence electrons. The van der Waals surface area contributed by atoms with Crippen LogP contribution in [0.5, 0.6) is 0 Å². The number of H-pyrrole nitrogens is 1. The van der Waals surface area contributed by atoms with Gasteiger partial charge >= 0.3 is 0 Å². The lowest BCUT2D eigenvalue weighted by atomic mass is 10.1. The van der Waals surface area contributed by atoms with Crippen molar-refractivity contribution in [3.05, 3.63) is 29.6 Å². The number of aromatic nitrogens is 2. The third kappa shape index (κ3) is 4.90. The van der Waals surface area contributed by atoms with Gasteiger partial charge < -0.3 is 15.2 Å². The minimum atomic E-state index is -0.388. The number of piperazine rings is 1. The number of fused-ring (bicyclic) bond motifs is 1. The third-order valence-corrected chi connectivity index (χ3v) is 5.30. The standard InChI is InChI=1S/C21H31N5O2/c1-14(2)7-9-26-10-8-22-21(28)18(26)12-20(27)25(4)13-19-23-16-6-5-15(3)11-17(16)24-19/h5-6,11,14,18H,7-10,12-13H2,1-4H3,(H,22,28)(H,23,24). The van der Waals surface area contributed by atoms with E-state index in [9.17, 15) is 9.59 Å². The van der Waals surface area contributed by atoms with Gasteiger partial charge in [-0.1, -0.05) is 19.9 Å². The molecule has 0 bridgehead atoms. The molecule has 0 aliphatic carbocycles. The fraction of sp³-hybridized carbons (Fsp3) is 0.571. The maximum absolute atomic E-state index is 12.8. The van der Waals surface area contributed by atoms with Crippen molar-refractivity contribution < 1.29 is 9.59 Å². The fourth-order valence-electron chi connectivity index (χ4n) is 3.56. The van der Waals surface area contributed by atoms with Crippen LogP contribution in [0, 0.1) is 12.8 Å². The number of hydrogen-bond donors (Lipinski definition) is 2. The van der Waals surface area contributed by atoms with E-state index < -0.39 is 0 Å². The van der Waals surface area contributed by atoms with Crippen LogP contribution in [0.3, 0.4) is 0 Å². The van der Waals surface area contributed by atoms with Gasteiger partial charge in [-0.3, -0.25) is 14.5 Å². The quantitative estimate of drug-likeness (QED) is 0.764. The van der Waals surface area contributed by atoms with Crippen molar-refractivity contribution in [1.29, 1.82) is 0 Å². The third-order valence-electron chi connectivity index (χ3n) is 5.30. The summed E-state index contributed by atoms with van der Waals surface area (Å²) in [4.78, 5) is 36.8. The van der Waals surface area contributed by atoms with Gasteiger partial charge in [0.05, 0.1) is 30.0 Å². The van der Waals surface area contributed by atoms with Crippen LogP contribution in [0.25, 0.3) is 11.0 Å². The highest BCUT2D eigenvalue weighted by atomic mass is 16.2. The average molecular weight is 386 g/mol. The smallest absolute Gasteiger partial charge is 0.237 e. The van der Waals surface area contributed by atoms with Gasteiger partial charge in [0.15, 0.2) is 0 Å². The summed E-state index contributed by atoms with van der Waals surface area (Å²) in [5.74, 6) is 1.23. The predicted molar refractivity (Wildman–Crippen MR) is 110 cm³/mol. The topological polar surface area (TPSA) is 81.3 Å². The largest absolute Gasteiger partial charge is 0.353 e. The number of carbonyl (C=O) groups excluding carboxylic acids is 2. The van der Waals surface area contributed by atoms with Crippen molar-refractivity contribution in [2.24, 2.45) is 5.92 Å². The highest BCUT2D eigenvalue weighted by Crippen LogP contribution is 2.16. The van der Waals surface area contributed by atoms with Crippen molar-refractivity contribution in [2.75, 3.05) is 26.7 Å². The normalized spacial score (nSPS) is 17.9. The van der Waals surface area contributed by atoms with Crippen LogP contribution < -0.4 is 5.32 Å². The molecule has 2 N–H and O–H groups in total. The van der Waals surface area contributed by atoms with Crippen LogP contribution in [0.1, 0.15) is 38.1 Å². The van der Waals surface area contributed by atoms with Gasteiger partial charge in [0.25, 0.3) is 0 Å². The van der Waals surface area contributed by atoms with Gasteiger partial charge in [0, 0.05) is 20.1 Å². The minimum Gasteiger partial charge on any atom is -0.353 e. The first kappa shape index (κ1) is 20.3. The Morgan fingerprint density at radius 3 is 2.93 bits per heavy atom. The van der Waals surface area contributed by atoms with E-state index in [-0.39, 0.29) is 24.3 Å². The maximum atomic E-state index is 12.8. The van der Waals surface area contributed by atoms with Crippen molar-refractivity contribution >= 4 is 22.8 Å². The second kappa shape index (κ2) is 8.73. The molecule has 1 aromatic carbocycles. The number of aryl methyl sites for hydroxylation is 1. The number of nitrogens with zero attached hydrogens (tertiary/aromatic N) is 3. The SMILES string of the molecule is Cc1ccc2nc(CN(C)C(=O)CC3C(=O)NCCN3CCC(C)C)[nH]c2c1.